The molecule has 1 heterocycles. The number of rotatable bonds is 4. The van der Waals surface area contributed by atoms with Crippen LogP contribution in [0.5, 0.6) is 0 Å². The van der Waals surface area contributed by atoms with Crippen LogP contribution in [0.3, 0.4) is 0 Å². The van der Waals surface area contributed by atoms with Crippen LogP contribution in [0.1, 0.15) is 44.2 Å². The van der Waals surface area contributed by atoms with Crippen LogP contribution >= 0.6 is 0 Å². The van der Waals surface area contributed by atoms with Crippen LogP contribution in [0.4, 0.5) is 0 Å². The Bertz CT molecular complexity index is 801. The second-order valence-electron chi connectivity index (χ2n) is 7.10. The Morgan fingerprint density at radius 2 is 1.88 bits per heavy atom. The van der Waals surface area contributed by atoms with Gasteiger partial charge in [-0.3, -0.25) is 9.59 Å². The number of likely N-dealkylation sites (tertiary alicyclic amines) is 1. The Labute approximate surface area is 148 Å². The quantitative estimate of drug-likeness (QED) is 0.880. The molecule has 1 saturated heterocycles. The van der Waals surface area contributed by atoms with Crippen molar-refractivity contribution < 1.29 is 18.0 Å². The molecule has 1 N–H and O–H groups in total. The number of benzene rings is 1. The SMILES string of the molecule is CC(C)C(=O)N1CCC[C@H]1C(=O)NS(=O)(=O)c1ccc2c(c1)CCC2. The van der Waals surface area contributed by atoms with Crippen molar-refractivity contribution in [1.29, 1.82) is 0 Å². The molecule has 6 nitrogen and oxygen atoms in total. The van der Waals surface area contributed by atoms with Crippen molar-refractivity contribution in [2.75, 3.05) is 6.54 Å². The van der Waals surface area contributed by atoms with Crippen LogP contribution in [0, 0.1) is 5.92 Å². The third-order valence-corrected chi connectivity index (χ3v) is 6.29. The summed E-state index contributed by atoms with van der Waals surface area (Å²) < 4.78 is 27.3. The normalized spacial score (nSPS) is 20.0. The highest BCUT2D eigenvalue weighted by atomic mass is 32.2. The number of hydrogen-bond donors (Lipinski definition) is 1. The lowest BCUT2D eigenvalue weighted by Crippen LogP contribution is -2.48. The van der Waals surface area contributed by atoms with E-state index in [1.165, 1.54) is 10.5 Å². The predicted octanol–water partition coefficient (Wildman–Crippen LogP) is 1.63. The summed E-state index contributed by atoms with van der Waals surface area (Å²) in [6.07, 6.45) is 4.06. The molecular formula is C18H24N2O4S. The molecule has 1 atom stereocenters. The minimum Gasteiger partial charge on any atom is -0.330 e. The molecule has 136 valence electrons. The number of sulfonamides is 1. The number of nitrogens with one attached hydrogen (secondary N) is 1. The molecule has 1 aromatic rings. The highest BCUT2D eigenvalue weighted by Crippen LogP contribution is 2.25. The van der Waals surface area contributed by atoms with E-state index in [4.69, 9.17) is 0 Å². The zero-order chi connectivity index (χ0) is 18.2. The number of fused-ring (bicyclic) bond motifs is 1. The second kappa shape index (κ2) is 6.78. The topological polar surface area (TPSA) is 83.6 Å². The van der Waals surface area contributed by atoms with Gasteiger partial charge in [-0.2, -0.15) is 0 Å². The minimum atomic E-state index is -3.93. The molecule has 3 rings (SSSR count). The number of carbonyl (C=O) groups excluding carboxylic acids is 2. The smallest absolute Gasteiger partial charge is 0.264 e. The fraction of sp³-hybridized carbons (Fsp3) is 0.556. The van der Waals surface area contributed by atoms with Gasteiger partial charge in [0.25, 0.3) is 15.9 Å². The number of hydrogen-bond acceptors (Lipinski definition) is 4. The molecule has 7 heteroatoms. The van der Waals surface area contributed by atoms with Gasteiger partial charge in [0, 0.05) is 12.5 Å². The first-order chi connectivity index (χ1) is 11.8. The van der Waals surface area contributed by atoms with Crippen molar-refractivity contribution in [3.63, 3.8) is 0 Å². The van der Waals surface area contributed by atoms with Crippen LogP contribution in [0.15, 0.2) is 23.1 Å². The van der Waals surface area contributed by atoms with E-state index < -0.39 is 22.0 Å². The van der Waals surface area contributed by atoms with Crippen LogP contribution in [0.25, 0.3) is 0 Å². The molecule has 1 aliphatic carbocycles. The zero-order valence-corrected chi connectivity index (χ0v) is 15.4. The largest absolute Gasteiger partial charge is 0.330 e. The van der Waals surface area contributed by atoms with Crippen LogP contribution in [-0.2, 0) is 32.5 Å². The van der Waals surface area contributed by atoms with Crippen molar-refractivity contribution in [3.8, 4) is 0 Å². The molecule has 0 saturated carbocycles. The van der Waals surface area contributed by atoms with E-state index in [0.717, 1.165) is 24.8 Å². The van der Waals surface area contributed by atoms with Gasteiger partial charge in [-0.25, -0.2) is 13.1 Å². The van der Waals surface area contributed by atoms with Gasteiger partial charge < -0.3 is 4.90 Å². The molecule has 25 heavy (non-hydrogen) atoms. The molecule has 1 aromatic carbocycles. The molecule has 0 aromatic heterocycles. The first kappa shape index (κ1) is 17.9. The van der Waals surface area contributed by atoms with Gasteiger partial charge in [0.2, 0.25) is 5.91 Å². The zero-order valence-electron chi connectivity index (χ0n) is 14.6. The fourth-order valence-corrected chi connectivity index (χ4v) is 4.67. The average molecular weight is 364 g/mol. The summed E-state index contributed by atoms with van der Waals surface area (Å²) in [5.41, 5.74) is 2.21. The molecule has 2 amide bonds. The van der Waals surface area contributed by atoms with E-state index >= 15 is 0 Å². The lowest BCUT2D eigenvalue weighted by Gasteiger charge is -2.25. The first-order valence-corrected chi connectivity index (χ1v) is 10.3. The molecule has 1 fully saturated rings. The highest BCUT2D eigenvalue weighted by molar-refractivity contribution is 7.90. The van der Waals surface area contributed by atoms with Gasteiger partial charge in [0.05, 0.1) is 4.90 Å². The molecular weight excluding hydrogens is 340 g/mol. The monoisotopic (exact) mass is 364 g/mol. The van der Waals surface area contributed by atoms with Gasteiger partial charge in [0.15, 0.2) is 0 Å². The van der Waals surface area contributed by atoms with Crippen LogP contribution in [-0.4, -0.2) is 37.7 Å². The molecule has 2 aliphatic rings. The van der Waals surface area contributed by atoms with E-state index in [-0.39, 0.29) is 16.7 Å². The lowest BCUT2D eigenvalue weighted by molar-refractivity contribution is -0.140. The summed E-state index contributed by atoms with van der Waals surface area (Å²) in [5.74, 6) is -0.957. The Kier molecular flexibility index (Phi) is 4.86. The summed E-state index contributed by atoms with van der Waals surface area (Å²) in [7, 11) is -3.93. The van der Waals surface area contributed by atoms with Gasteiger partial charge in [0.1, 0.15) is 6.04 Å². The Morgan fingerprint density at radius 3 is 2.60 bits per heavy atom. The summed E-state index contributed by atoms with van der Waals surface area (Å²) in [5, 5.41) is 0. The third-order valence-electron chi connectivity index (χ3n) is 4.95. The summed E-state index contributed by atoms with van der Waals surface area (Å²) in [6, 6.07) is 4.32. The maximum atomic E-state index is 12.6. The molecule has 0 bridgehead atoms. The van der Waals surface area contributed by atoms with Crippen molar-refractivity contribution in [2.24, 2.45) is 5.92 Å². The van der Waals surface area contributed by atoms with Crippen molar-refractivity contribution >= 4 is 21.8 Å². The molecule has 0 spiro atoms. The number of aryl methyl sites for hydroxylation is 2. The van der Waals surface area contributed by atoms with E-state index in [9.17, 15) is 18.0 Å². The predicted molar refractivity (Wildman–Crippen MR) is 93.4 cm³/mol. The number of carbonyl (C=O) groups is 2. The van der Waals surface area contributed by atoms with Crippen molar-refractivity contribution in [2.45, 2.75) is 56.9 Å². The molecule has 0 radical (unpaired) electrons. The van der Waals surface area contributed by atoms with E-state index in [1.807, 2.05) is 6.07 Å². The fourth-order valence-electron chi connectivity index (χ4n) is 3.61. The van der Waals surface area contributed by atoms with Crippen molar-refractivity contribution in [3.05, 3.63) is 29.3 Å². The maximum absolute atomic E-state index is 12.6. The molecule has 0 unspecified atom stereocenters. The Morgan fingerprint density at radius 1 is 1.16 bits per heavy atom. The summed E-state index contributed by atoms with van der Waals surface area (Å²) in [6.45, 7) is 4.04. The van der Waals surface area contributed by atoms with Crippen molar-refractivity contribution in [1.82, 2.24) is 9.62 Å². The highest BCUT2D eigenvalue weighted by Gasteiger charge is 2.36. The van der Waals surface area contributed by atoms with Crippen LogP contribution in [0.2, 0.25) is 0 Å². The number of nitrogens with zero attached hydrogens (tertiary/aromatic N) is 1. The van der Waals surface area contributed by atoms with Gasteiger partial charge in [-0.1, -0.05) is 19.9 Å². The van der Waals surface area contributed by atoms with E-state index in [0.29, 0.717) is 19.4 Å². The van der Waals surface area contributed by atoms with E-state index in [2.05, 4.69) is 4.72 Å². The lowest BCUT2D eigenvalue weighted by atomic mass is 10.1. The molecule has 1 aliphatic heterocycles. The number of amides is 2. The van der Waals surface area contributed by atoms with E-state index in [1.54, 1.807) is 26.0 Å². The average Bonchev–Trinajstić information content (AvgIpc) is 3.21. The van der Waals surface area contributed by atoms with Gasteiger partial charge in [-0.05, 0) is 55.4 Å². The second-order valence-corrected chi connectivity index (χ2v) is 8.78. The van der Waals surface area contributed by atoms with Gasteiger partial charge >= 0.3 is 0 Å². The third kappa shape index (κ3) is 3.56. The van der Waals surface area contributed by atoms with Gasteiger partial charge in [-0.15, -0.1) is 0 Å². The Balaban J connectivity index is 1.76. The maximum Gasteiger partial charge on any atom is 0.264 e. The summed E-state index contributed by atoms with van der Waals surface area (Å²) >= 11 is 0. The first-order valence-electron chi connectivity index (χ1n) is 8.78. The minimum absolute atomic E-state index is 0.112. The van der Waals surface area contributed by atoms with Crippen LogP contribution < -0.4 is 4.72 Å². The summed E-state index contributed by atoms with van der Waals surface area (Å²) in [4.78, 5) is 26.4. The standard InChI is InChI=1S/C18H24N2O4S/c1-12(2)18(22)20-10-4-7-16(20)17(21)19-25(23,24)15-9-8-13-5-3-6-14(13)11-15/h8-9,11-12,16H,3-7,10H2,1-2H3,(H,19,21)/t16-/m0/s1. The Hall–Kier alpha value is -1.89.